The predicted molar refractivity (Wildman–Crippen MR) is 140 cm³/mol. The molecule has 0 bridgehead atoms. The first kappa shape index (κ1) is 27.8. The summed E-state index contributed by atoms with van der Waals surface area (Å²) in [7, 11) is 4.85. The van der Waals surface area contributed by atoms with Crippen LogP contribution >= 0.6 is 24.0 Å². The zero-order valence-corrected chi connectivity index (χ0v) is 21.9. The number of rotatable bonds is 11. The van der Waals surface area contributed by atoms with Crippen molar-refractivity contribution in [2.75, 3.05) is 41.0 Å². The number of aliphatic hydroxyl groups is 1. The van der Waals surface area contributed by atoms with Crippen LogP contribution in [0.1, 0.15) is 43.4 Å². The van der Waals surface area contributed by atoms with Gasteiger partial charge in [-0.15, -0.1) is 24.0 Å². The lowest BCUT2D eigenvalue weighted by atomic mass is 9.98. The second-order valence-corrected chi connectivity index (χ2v) is 7.27. The van der Waals surface area contributed by atoms with E-state index >= 15 is 0 Å². The zero-order valence-electron chi connectivity index (χ0n) is 19.6. The van der Waals surface area contributed by atoms with Gasteiger partial charge in [0.1, 0.15) is 17.2 Å². The van der Waals surface area contributed by atoms with Crippen LogP contribution < -0.4 is 24.8 Å². The maximum absolute atomic E-state index is 10.6. The van der Waals surface area contributed by atoms with Crippen molar-refractivity contribution < 1.29 is 19.3 Å². The van der Waals surface area contributed by atoms with Crippen molar-refractivity contribution in [3.05, 3.63) is 53.6 Å². The van der Waals surface area contributed by atoms with E-state index in [9.17, 15) is 5.11 Å². The summed E-state index contributed by atoms with van der Waals surface area (Å²) in [6, 6.07) is 13.5. The minimum atomic E-state index is -0.766. The molecule has 0 radical (unpaired) electrons. The Morgan fingerprint density at radius 1 is 0.906 bits per heavy atom. The zero-order chi connectivity index (χ0) is 22.6. The summed E-state index contributed by atoms with van der Waals surface area (Å²) >= 11 is 0. The van der Waals surface area contributed by atoms with Gasteiger partial charge in [-0.25, -0.2) is 0 Å². The smallest absolute Gasteiger partial charge is 0.191 e. The van der Waals surface area contributed by atoms with Crippen LogP contribution in [0.2, 0.25) is 0 Å². The molecule has 0 spiro atoms. The highest BCUT2D eigenvalue weighted by atomic mass is 127. The highest BCUT2D eigenvalue weighted by Crippen LogP contribution is 2.26. The van der Waals surface area contributed by atoms with E-state index in [1.165, 1.54) is 5.56 Å². The van der Waals surface area contributed by atoms with Gasteiger partial charge in [-0.2, -0.15) is 0 Å². The SMILES string of the molecule is CCNC(=NCC(O)c1cc(OC)cc(OC)c1)NCCC(C)c1ccc(OC)cc1.I. The number of aliphatic hydroxyl groups excluding tert-OH is 1. The molecule has 0 aliphatic carbocycles. The molecule has 0 fully saturated rings. The minimum absolute atomic E-state index is 0. The molecule has 32 heavy (non-hydrogen) atoms. The van der Waals surface area contributed by atoms with Crippen LogP contribution in [0.25, 0.3) is 0 Å². The van der Waals surface area contributed by atoms with Crippen molar-refractivity contribution in [2.45, 2.75) is 32.3 Å². The molecule has 2 unspecified atom stereocenters. The number of methoxy groups -OCH3 is 3. The van der Waals surface area contributed by atoms with Crippen LogP contribution in [0.5, 0.6) is 17.2 Å². The Kier molecular flexibility index (Phi) is 12.9. The van der Waals surface area contributed by atoms with Gasteiger partial charge in [0.05, 0.1) is 34.0 Å². The van der Waals surface area contributed by atoms with Gasteiger partial charge in [0.25, 0.3) is 0 Å². The van der Waals surface area contributed by atoms with Gasteiger partial charge in [-0.05, 0) is 54.7 Å². The summed E-state index contributed by atoms with van der Waals surface area (Å²) in [4.78, 5) is 4.54. The highest BCUT2D eigenvalue weighted by Gasteiger charge is 2.12. The number of hydrogen-bond donors (Lipinski definition) is 3. The molecule has 2 atom stereocenters. The fraction of sp³-hybridized carbons (Fsp3) is 0.458. The summed E-state index contributed by atoms with van der Waals surface area (Å²) in [6.07, 6.45) is 0.185. The van der Waals surface area contributed by atoms with Crippen molar-refractivity contribution in [2.24, 2.45) is 4.99 Å². The minimum Gasteiger partial charge on any atom is -0.497 e. The average molecular weight is 557 g/mol. The first-order valence-corrected chi connectivity index (χ1v) is 10.6. The Labute approximate surface area is 208 Å². The Balaban J connectivity index is 0.00000512. The van der Waals surface area contributed by atoms with E-state index < -0.39 is 6.10 Å². The molecule has 0 amide bonds. The van der Waals surface area contributed by atoms with E-state index in [1.54, 1.807) is 39.5 Å². The van der Waals surface area contributed by atoms with Gasteiger partial charge in [0.2, 0.25) is 0 Å². The quantitative estimate of drug-likeness (QED) is 0.219. The molecule has 0 saturated carbocycles. The van der Waals surface area contributed by atoms with E-state index in [0.717, 1.165) is 25.3 Å². The van der Waals surface area contributed by atoms with Gasteiger partial charge in [-0.3, -0.25) is 4.99 Å². The van der Waals surface area contributed by atoms with Crippen LogP contribution in [-0.4, -0.2) is 52.0 Å². The third kappa shape index (κ3) is 8.74. The maximum atomic E-state index is 10.6. The van der Waals surface area contributed by atoms with Crippen LogP contribution in [-0.2, 0) is 0 Å². The monoisotopic (exact) mass is 557 g/mol. The molecule has 7 nitrogen and oxygen atoms in total. The standard InChI is InChI=1S/C24H35N3O4.HI/c1-6-25-24(26-12-11-17(2)18-7-9-20(29-3)10-8-18)27-16-23(28)19-13-21(30-4)15-22(14-19)31-5;/h7-10,13-15,17,23,28H,6,11-12,16H2,1-5H3,(H2,25,26,27);1H. The first-order chi connectivity index (χ1) is 15.0. The lowest BCUT2D eigenvalue weighted by molar-refractivity contribution is 0.186. The lowest BCUT2D eigenvalue weighted by Gasteiger charge is -2.16. The molecule has 0 aliphatic heterocycles. The molecule has 0 saturated heterocycles. The number of hydrogen-bond acceptors (Lipinski definition) is 5. The summed E-state index contributed by atoms with van der Waals surface area (Å²) in [5, 5.41) is 17.2. The normalized spacial score (nSPS) is 12.9. The Morgan fingerprint density at radius 3 is 2.03 bits per heavy atom. The maximum Gasteiger partial charge on any atom is 0.191 e. The van der Waals surface area contributed by atoms with Crippen LogP contribution in [0.4, 0.5) is 0 Å². The number of halogens is 1. The van der Waals surface area contributed by atoms with Crippen molar-refractivity contribution in [3.63, 3.8) is 0 Å². The molecule has 2 aromatic rings. The number of ether oxygens (including phenoxy) is 3. The molecule has 0 aromatic heterocycles. The predicted octanol–water partition coefficient (Wildman–Crippen LogP) is 4.11. The molecule has 8 heteroatoms. The molecule has 3 N–H and O–H groups in total. The fourth-order valence-electron chi connectivity index (χ4n) is 3.15. The highest BCUT2D eigenvalue weighted by molar-refractivity contribution is 14.0. The molecule has 0 heterocycles. The fourth-order valence-corrected chi connectivity index (χ4v) is 3.15. The number of nitrogens with one attached hydrogen (secondary N) is 2. The van der Waals surface area contributed by atoms with Crippen molar-refractivity contribution in [1.82, 2.24) is 10.6 Å². The van der Waals surface area contributed by atoms with Crippen LogP contribution in [0.15, 0.2) is 47.5 Å². The van der Waals surface area contributed by atoms with E-state index in [4.69, 9.17) is 14.2 Å². The largest absolute Gasteiger partial charge is 0.497 e. The topological polar surface area (TPSA) is 84.3 Å². The summed E-state index contributed by atoms with van der Waals surface area (Å²) in [5.41, 5.74) is 1.97. The third-order valence-corrected chi connectivity index (χ3v) is 5.08. The Morgan fingerprint density at radius 2 is 1.50 bits per heavy atom. The Bertz CT molecular complexity index is 808. The molecule has 178 valence electrons. The number of nitrogens with zero attached hydrogens (tertiary/aromatic N) is 1. The van der Waals surface area contributed by atoms with Gasteiger partial charge in [0, 0.05) is 19.2 Å². The lowest BCUT2D eigenvalue weighted by Crippen LogP contribution is -2.38. The molecule has 2 rings (SSSR count). The van der Waals surface area contributed by atoms with Crippen molar-refractivity contribution >= 4 is 29.9 Å². The second kappa shape index (κ2) is 14.8. The van der Waals surface area contributed by atoms with Crippen molar-refractivity contribution in [3.8, 4) is 17.2 Å². The summed E-state index contributed by atoms with van der Waals surface area (Å²) in [6.45, 7) is 5.94. The van der Waals surface area contributed by atoms with Crippen LogP contribution in [0.3, 0.4) is 0 Å². The van der Waals surface area contributed by atoms with E-state index in [0.29, 0.717) is 28.9 Å². The average Bonchev–Trinajstić information content (AvgIpc) is 2.81. The molecular formula is C24H36IN3O4. The molecule has 2 aromatic carbocycles. The number of guanidine groups is 1. The Hall–Kier alpha value is -2.20. The molecule has 0 aliphatic rings. The van der Waals surface area contributed by atoms with E-state index in [-0.39, 0.29) is 30.5 Å². The first-order valence-electron chi connectivity index (χ1n) is 10.6. The second-order valence-electron chi connectivity index (χ2n) is 7.27. The van der Waals surface area contributed by atoms with Crippen LogP contribution in [0, 0.1) is 0 Å². The van der Waals surface area contributed by atoms with Gasteiger partial charge in [-0.1, -0.05) is 19.1 Å². The summed E-state index contributed by atoms with van der Waals surface area (Å²) in [5.74, 6) is 3.21. The van der Waals surface area contributed by atoms with Gasteiger partial charge in [0.15, 0.2) is 5.96 Å². The summed E-state index contributed by atoms with van der Waals surface area (Å²) < 4.78 is 15.8. The van der Waals surface area contributed by atoms with Crippen molar-refractivity contribution in [1.29, 1.82) is 0 Å². The number of aliphatic imine (C=N–C) groups is 1. The third-order valence-electron chi connectivity index (χ3n) is 5.08. The van der Waals surface area contributed by atoms with E-state index in [2.05, 4.69) is 34.7 Å². The number of benzene rings is 2. The van der Waals surface area contributed by atoms with Gasteiger partial charge < -0.3 is 30.0 Å². The van der Waals surface area contributed by atoms with E-state index in [1.807, 2.05) is 19.1 Å². The molecular weight excluding hydrogens is 521 g/mol. The van der Waals surface area contributed by atoms with Gasteiger partial charge >= 0.3 is 0 Å².